The zero-order chi connectivity index (χ0) is 51.8. The Bertz CT molecular complexity index is 2560. The van der Waals surface area contributed by atoms with Crippen LogP contribution in [0.3, 0.4) is 0 Å². The van der Waals surface area contributed by atoms with Gasteiger partial charge in [0.2, 0.25) is 0 Å². The fourth-order valence-electron chi connectivity index (χ4n) is 11.3. The molecule has 2 atom stereocenters. The van der Waals surface area contributed by atoms with Crippen LogP contribution in [0.4, 0.5) is 22.1 Å². The molecule has 0 spiro atoms. The number of methoxy groups -OCH3 is 2. The smallest absolute Gasteiger partial charge is 0.414 e. The van der Waals surface area contributed by atoms with Crippen molar-refractivity contribution >= 4 is 81.8 Å². The number of rotatable bonds is 13. The minimum atomic E-state index is -0.440. The number of ether oxygens (including phenoxy) is 3. The van der Waals surface area contributed by atoms with Crippen molar-refractivity contribution in [3.63, 3.8) is 0 Å². The number of hydrogen-bond donors (Lipinski definition) is 0. The van der Waals surface area contributed by atoms with E-state index in [0.29, 0.717) is 63.5 Å². The van der Waals surface area contributed by atoms with E-state index in [1.807, 2.05) is 24.3 Å². The van der Waals surface area contributed by atoms with Gasteiger partial charge in [-0.15, -0.1) is 0 Å². The van der Waals surface area contributed by atoms with Crippen LogP contribution in [0.2, 0.25) is 20.1 Å². The van der Waals surface area contributed by atoms with Gasteiger partial charge in [-0.1, -0.05) is 72.4 Å². The van der Waals surface area contributed by atoms with E-state index >= 15 is 0 Å². The Morgan fingerprint density at radius 3 is 1.52 bits per heavy atom. The number of carbonyl (C=O) groups excluding carboxylic acids is 3. The van der Waals surface area contributed by atoms with Crippen molar-refractivity contribution < 1.29 is 28.6 Å². The molecular weight excluding hydrogens is 1010 g/mol. The number of pyridine rings is 2. The van der Waals surface area contributed by atoms with Crippen LogP contribution in [0.25, 0.3) is 0 Å². The van der Waals surface area contributed by atoms with Crippen molar-refractivity contribution in [3.8, 4) is 0 Å². The third-order valence-electron chi connectivity index (χ3n) is 15.3. The van der Waals surface area contributed by atoms with Crippen molar-refractivity contribution in [1.29, 1.82) is 0 Å². The molecular formula is C54H69Cl4N9O6. The van der Waals surface area contributed by atoms with Crippen molar-refractivity contribution in [2.75, 3.05) is 108 Å². The van der Waals surface area contributed by atoms with E-state index in [4.69, 9.17) is 60.6 Å². The molecule has 0 bridgehead atoms. The highest BCUT2D eigenvalue weighted by atomic mass is 35.5. The van der Waals surface area contributed by atoms with Gasteiger partial charge in [0, 0.05) is 99.0 Å². The number of anilines is 3. The predicted molar refractivity (Wildman–Crippen MR) is 290 cm³/mol. The Labute approximate surface area is 450 Å². The molecule has 9 rings (SSSR count). The molecule has 5 aliphatic heterocycles. The van der Waals surface area contributed by atoms with Crippen LogP contribution in [-0.4, -0.2) is 165 Å². The summed E-state index contributed by atoms with van der Waals surface area (Å²) in [5.74, 6) is 0.609. The largest absolute Gasteiger partial charge is 0.465 e. The highest BCUT2D eigenvalue weighted by Crippen LogP contribution is 2.34. The number of esters is 2. The summed E-state index contributed by atoms with van der Waals surface area (Å²) in [5.41, 5.74) is 5.31. The molecule has 4 aromatic rings. The molecule has 0 radical (unpaired) electrons. The topological polar surface area (TPSA) is 127 Å². The van der Waals surface area contributed by atoms with E-state index < -0.39 is 11.9 Å². The summed E-state index contributed by atoms with van der Waals surface area (Å²) >= 11 is 25.4. The maximum atomic E-state index is 12.2. The number of halogens is 4. The van der Waals surface area contributed by atoms with E-state index in [9.17, 15) is 14.4 Å². The lowest BCUT2D eigenvalue weighted by molar-refractivity contribution is 0.0591. The first-order valence-electron chi connectivity index (χ1n) is 25.7. The van der Waals surface area contributed by atoms with Crippen LogP contribution < -0.4 is 14.7 Å². The summed E-state index contributed by atoms with van der Waals surface area (Å²) in [6.07, 6.45) is 9.47. The first-order valence-corrected chi connectivity index (χ1v) is 27.2. The average Bonchev–Trinajstić information content (AvgIpc) is 3.84. The molecule has 0 unspecified atom stereocenters. The van der Waals surface area contributed by atoms with Gasteiger partial charge in [-0.05, 0) is 125 Å². The minimum absolute atomic E-state index is 0.308. The Balaban J connectivity index is 0.000000197. The molecule has 1 amide bonds. The molecule has 5 aliphatic rings. The number of benzene rings is 2. The maximum absolute atomic E-state index is 12.2. The molecule has 73 heavy (non-hydrogen) atoms. The van der Waals surface area contributed by atoms with E-state index in [1.165, 1.54) is 44.4 Å². The van der Waals surface area contributed by atoms with Crippen LogP contribution in [0.1, 0.15) is 89.8 Å². The van der Waals surface area contributed by atoms with Crippen molar-refractivity contribution in [2.45, 2.75) is 96.6 Å². The summed E-state index contributed by atoms with van der Waals surface area (Å²) in [6.45, 7) is 19.0. The maximum Gasteiger partial charge on any atom is 0.414 e. The van der Waals surface area contributed by atoms with Gasteiger partial charge < -0.3 is 24.0 Å². The third kappa shape index (κ3) is 13.3. The van der Waals surface area contributed by atoms with Crippen LogP contribution in [0.5, 0.6) is 0 Å². The Morgan fingerprint density at radius 2 is 1.10 bits per heavy atom. The molecule has 0 saturated carbocycles. The number of cyclic esters (lactones) is 1. The first-order chi connectivity index (χ1) is 35.3. The number of hydrogen-bond acceptors (Lipinski definition) is 14. The highest BCUT2D eigenvalue weighted by Gasteiger charge is 2.36. The quantitative estimate of drug-likeness (QED) is 0.0931. The second-order valence-corrected chi connectivity index (χ2v) is 21.3. The summed E-state index contributed by atoms with van der Waals surface area (Å²) in [7, 11) is 2.71. The van der Waals surface area contributed by atoms with Crippen LogP contribution in [0, 0.1) is 6.92 Å². The van der Waals surface area contributed by atoms with Crippen molar-refractivity contribution in [1.82, 2.24) is 29.6 Å². The predicted octanol–water partition coefficient (Wildman–Crippen LogP) is 9.75. The van der Waals surface area contributed by atoms with Gasteiger partial charge >= 0.3 is 18.0 Å². The fraction of sp³-hybridized carbons (Fsp3) is 0.537. The molecule has 5 fully saturated rings. The highest BCUT2D eigenvalue weighted by molar-refractivity contribution is 6.33. The van der Waals surface area contributed by atoms with E-state index in [2.05, 4.69) is 72.3 Å². The summed E-state index contributed by atoms with van der Waals surface area (Å²) in [5, 5.41) is 2.39. The van der Waals surface area contributed by atoms with Gasteiger partial charge in [-0.2, -0.15) is 0 Å². The summed E-state index contributed by atoms with van der Waals surface area (Å²) in [4.78, 5) is 61.4. The summed E-state index contributed by atoms with van der Waals surface area (Å²) in [6, 6.07) is 17.3. The molecule has 15 nitrogen and oxygen atoms in total. The van der Waals surface area contributed by atoms with Gasteiger partial charge in [-0.25, -0.2) is 24.4 Å². The lowest BCUT2D eigenvalue weighted by atomic mass is 9.97. The molecule has 2 aromatic heterocycles. The lowest BCUT2D eigenvalue weighted by Gasteiger charge is -2.48. The third-order valence-corrected chi connectivity index (χ3v) is 16.4. The number of nitrogens with zero attached hydrogens (tertiary/aromatic N) is 9. The standard InChI is InChI=1S/C28H35Cl2N5O4.C26H34Cl2N4O2/c1-3-22-18-33(26-24(30)14-20(16-31-26)27(36)38-2)10-11-34(22)23-6-8-32(9-7-23)17-19-4-5-21(29)15-25(19)35-12-13-39-28(35)37;1-4-22-17-31(25-24(28)14-20(15-29-25)26(33)34-3)11-12-32(22)23-7-9-30(10-8-23)16-19-5-6-21(27)13-18(19)2/h4-5,14-16,22-23H,3,6-13,17-18H2,1-2H3;5-6,13-15,22-23H,4,7-12,16-17H2,1-3H3/t2*22-/m00/s1. The molecule has 19 heteroatoms. The van der Waals surface area contributed by atoms with Gasteiger partial charge in [0.15, 0.2) is 0 Å². The Hall–Kier alpha value is -4.45. The number of piperazine rings is 2. The van der Waals surface area contributed by atoms with E-state index in [-0.39, 0.29) is 6.09 Å². The SMILES string of the molecule is CC[C@H]1CN(c2ncc(C(=O)OC)cc2Cl)CCN1C1CCN(Cc2ccc(Cl)cc2C)CC1.CC[C@H]1CN(c2ncc(C(=O)OC)cc2Cl)CCN1C1CCN(Cc2ccc(Cl)cc2N2CCOC2=O)CC1. The number of likely N-dealkylation sites (tertiary alicyclic amines) is 2. The number of piperidine rings is 2. The van der Waals surface area contributed by atoms with Crippen molar-refractivity contribution in [2.24, 2.45) is 0 Å². The molecule has 0 aliphatic carbocycles. The number of aryl methyl sites for hydroxylation is 1. The fourth-order valence-corrected chi connectivity index (χ4v) is 12.2. The molecule has 394 valence electrons. The zero-order valence-electron chi connectivity index (χ0n) is 42.7. The number of aromatic nitrogens is 2. The average molecular weight is 1080 g/mol. The number of carbonyl (C=O) groups is 3. The van der Waals surface area contributed by atoms with Gasteiger partial charge in [0.05, 0.1) is 47.6 Å². The molecule has 0 N–H and O–H groups in total. The van der Waals surface area contributed by atoms with Gasteiger partial charge in [0.25, 0.3) is 0 Å². The van der Waals surface area contributed by atoms with E-state index in [1.54, 1.807) is 23.2 Å². The van der Waals surface area contributed by atoms with Crippen molar-refractivity contribution in [3.05, 3.63) is 109 Å². The van der Waals surface area contributed by atoms with Crippen LogP contribution in [0.15, 0.2) is 60.9 Å². The normalized spacial score (nSPS) is 20.9. The number of amides is 1. The first kappa shape index (κ1) is 54.8. The second-order valence-electron chi connectivity index (χ2n) is 19.7. The summed E-state index contributed by atoms with van der Waals surface area (Å²) < 4.78 is 14.7. The lowest BCUT2D eigenvalue weighted by Crippen LogP contribution is -2.58. The second kappa shape index (κ2) is 25.4. The van der Waals surface area contributed by atoms with Gasteiger partial charge in [0.1, 0.15) is 18.2 Å². The Kier molecular flexibility index (Phi) is 19.1. The molecule has 5 saturated heterocycles. The monoisotopic (exact) mass is 1080 g/mol. The molecule has 2 aromatic carbocycles. The zero-order valence-corrected chi connectivity index (χ0v) is 45.7. The minimum Gasteiger partial charge on any atom is -0.465 e. The van der Waals surface area contributed by atoms with Gasteiger partial charge in [-0.3, -0.25) is 24.5 Å². The van der Waals surface area contributed by atoms with Crippen LogP contribution >= 0.6 is 46.4 Å². The van der Waals surface area contributed by atoms with E-state index in [0.717, 1.165) is 132 Å². The van der Waals surface area contributed by atoms with Crippen LogP contribution in [-0.2, 0) is 27.3 Å². The Morgan fingerprint density at radius 1 is 0.630 bits per heavy atom. The molecule has 7 heterocycles.